The number of hydrogen-bond donors (Lipinski definition) is 8. The number of ether oxygens (including phenoxy) is 8. The fourth-order valence-corrected chi connectivity index (χ4v) is 19.3. The Balaban J connectivity index is 0.000000139. The summed E-state index contributed by atoms with van der Waals surface area (Å²) in [5, 5.41) is 55.3. The second-order valence-corrected chi connectivity index (χ2v) is 36.3. The molecule has 12 aliphatic rings. The minimum absolute atomic E-state index is 0. The molecule has 4 amide bonds. The molecular weight excluding hydrogens is 1790 g/mol. The third-order valence-electron chi connectivity index (χ3n) is 26.9. The summed E-state index contributed by atoms with van der Waals surface area (Å²) in [6, 6.07) is 44.4. The van der Waals surface area contributed by atoms with Crippen molar-refractivity contribution in [3.8, 4) is 34.5 Å². The maximum Gasteiger partial charge on any atom is 0.410 e. The van der Waals surface area contributed by atoms with Crippen molar-refractivity contribution in [3.05, 3.63) is 193 Å². The Hall–Kier alpha value is -12.2. The molecule has 17 heterocycles. The van der Waals surface area contributed by atoms with E-state index in [1.807, 2.05) is 150 Å². The molecule has 36 nitrogen and oxygen atoms in total. The van der Waals surface area contributed by atoms with Gasteiger partial charge >= 0.3 is 18.0 Å². The Morgan fingerprint density at radius 3 is 0.913 bits per heavy atom. The van der Waals surface area contributed by atoms with Gasteiger partial charge in [0.05, 0.1) is 68.6 Å². The average molecular weight is 1920 g/mol. The molecule has 37 heteroatoms. The van der Waals surface area contributed by atoms with Crippen molar-refractivity contribution in [2.45, 2.75) is 107 Å². The summed E-state index contributed by atoms with van der Waals surface area (Å²) in [5.74, 6) is 7.06. The lowest BCUT2D eigenvalue weighted by molar-refractivity contribution is -0.144. The van der Waals surface area contributed by atoms with Crippen molar-refractivity contribution in [3.63, 3.8) is 0 Å². The van der Waals surface area contributed by atoms with Crippen LogP contribution in [0.2, 0.25) is 0 Å². The summed E-state index contributed by atoms with van der Waals surface area (Å²) < 4.78 is 43.1. The second kappa shape index (κ2) is 51.5. The Labute approximate surface area is 812 Å². The Kier molecular flexibility index (Phi) is 38.0. The van der Waals surface area contributed by atoms with Gasteiger partial charge in [-0.25, -0.2) is 29.7 Å². The zero-order valence-electron chi connectivity index (χ0n) is 78.8. The predicted molar refractivity (Wildman–Crippen MR) is 522 cm³/mol. The first kappa shape index (κ1) is 102. The molecule has 0 bridgehead atoms. The highest BCUT2D eigenvalue weighted by atomic mass is 35.5. The Morgan fingerprint density at radius 1 is 0.370 bits per heavy atom. The molecule has 9 fully saturated rings. The van der Waals surface area contributed by atoms with Gasteiger partial charge in [-0.3, -0.25) is 34.2 Å². The molecular formula is C101H133ClN18O18. The third kappa shape index (κ3) is 28.3. The number of carboxylic acid groups (broad SMARTS) is 1. The summed E-state index contributed by atoms with van der Waals surface area (Å²) >= 11 is 0. The lowest BCUT2D eigenvalue weighted by Crippen LogP contribution is -2.48. The number of anilines is 5. The van der Waals surface area contributed by atoms with E-state index in [1.54, 1.807) is 35.9 Å². The van der Waals surface area contributed by atoms with Crippen LogP contribution < -0.4 is 74.2 Å². The van der Waals surface area contributed by atoms with Gasteiger partial charge in [0.15, 0.2) is 34.5 Å². The maximum atomic E-state index is 13.2. The molecule has 8 aromatic rings. The highest BCUT2D eigenvalue weighted by Crippen LogP contribution is 2.39. The van der Waals surface area contributed by atoms with Crippen LogP contribution in [0.5, 0.6) is 34.5 Å². The standard InChI is InChI=1S/3C25H32N4O4.C11H14N2O2.C10H12N2O2.C5H10N2O2.ClH/c3*30-24(18-6-7-21-22(15-18)33-14-13-32-21)20(17-28-10-3-4-11-28)27-25(31)19-8-12-29(16-19)23-5-1-2-9-26-23;1-15-11(14)9-5-7-13(8-9)10-4-2-3-6-12-10;13-10(14)8-4-6-12(7-8)9-3-1-2-5-11-9;1-9-5(8)7-3-2-6-4-7;/h3*1-2,5-7,9,15,19-20,24,30H,3-4,8,10-14,16-17H2,(H,27,31);2-4,6,9H,5,7-8H2,1H3;1-3,5,8H,4,6-7H2,(H,13,14);6H,2-4H2,1H3;1H/t19?,20-,24-;19-,20+,24+;19-,20-,24-;;;;/m101..../s1. The van der Waals surface area contributed by atoms with Crippen LogP contribution >= 0.6 is 12.4 Å². The number of aliphatic hydroxyl groups is 3. The highest BCUT2D eigenvalue weighted by molar-refractivity contribution is 5.85. The van der Waals surface area contributed by atoms with Gasteiger partial charge in [0.2, 0.25) is 17.7 Å². The van der Waals surface area contributed by atoms with E-state index in [1.165, 1.54) is 14.2 Å². The largest absolute Gasteiger partial charge is 0.486 e. The van der Waals surface area contributed by atoms with Crippen LogP contribution in [-0.4, -0.2) is 317 Å². The number of benzene rings is 3. The Bertz CT molecular complexity index is 4770. The molecule has 8 N–H and O–H groups in total. The minimum atomic E-state index is -0.835. The number of fused-ring (bicyclic) bond motifs is 3. The number of rotatable bonds is 25. The number of carboxylic acids is 1. The number of amides is 4. The molecule has 12 aliphatic heterocycles. The first-order valence-electron chi connectivity index (χ1n) is 48.4. The van der Waals surface area contributed by atoms with E-state index in [9.17, 15) is 44.1 Å². The number of aliphatic hydroxyl groups excluding tert-OH is 3. The van der Waals surface area contributed by atoms with Crippen molar-refractivity contribution in [2.75, 3.05) is 222 Å². The number of aliphatic carboxylic acids is 1. The first-order chi connectivity index (χ1) is 66.9. The number of nitrogens with zero attached hydrogens (tertiary/aromatic N) is 14. The van der Waals surface area contributed by atoms with Crippen LogP contribution in [0.1, 0.15) is 106 Å². The van der Waals surface area contributed by atoms with E-state index in [4.69, 9.17) is 38.3 Å². The molecule has 0 saturated carbocycles. The van der Waals surface area contributed by atoms with E-state index in [2.05, 4.69) is 85.2 Å². The molecule has 138 heavy (non-hydrogen) atoms. The van der Waals surface area contributed by atoms with Crippen molar-refractivity contribution in [1.29, 1.82) is 0 Å². The number of likely N-dealkylation sites (tertiary alicyclic amines) is 3. The molecule has 5 aromatic heterocycles. The predicted octanol–water partition coefficient (Wildman–Crippen LogP) is 8.09. The quantitative estimate of drug-likeness (QED) is 0.0250. The summed E-state index contributed by atoms with van der Waals surface area (Å²) in [6.45, 7) is 20.4. The van der Waals surface area contributed by atoms with Crippen molar-refractivity contribution >= 4 is 77.2 Å². The topological polar surface area (TPSA) is 399 Å². The molecule has 9 saturated heterocycles. The van der Waals surface area contributed by atoms with E-state index in [-0.39, 0.29) is 71.8 Å². The van der Waals surface area contributed by atoms with E-state index < -0.39 is 42.4 Å². The summed E-state index contributed by atoms with van der Waals surface area (Å²) in [5.41, 5.74) is 2.18. The number of methoxy groups -OCH3 is 2. The molecule has 11 atom stereocenters. The highest BCUT2D eigenvalue weighted by Gasteiger charge is 2.40. The molecule has 0 radical (unpaired) electrons. The fourth-order valence-electron chi connectivity index (χ4n) is 19.3. The fraction of sp³-hybridized carbons (Fsp3) is 0.515. The summed E-state index contributed by atoms with van der Waals surface area (Å²) in [4.78, 5) is 113. The zero-order valence-corrected chi connectivity index (χ0v) is 79.7. The van der Waals surface area contributed by atoms with Gasteiger partial charge in [0.25, 0.3) is 0 Å². The van der Waals surface area contributed by atoms with Crippen LogP contribution in [0.15, 0.2) is 177 Å². The van der Waals surface area contributed by atoms with Crippen LogP contribution in [0.3, 0.4) is 0 Å². The number of carbonyl (C=O) groups excluding carboxylic acids is 5. The summed E-state index contributed by atoms with van der Waals surface area (Å²) in [7, 11) is 2.83. The van der Waals surface area contributed by atoms with E-state index in [0.29, 0.717) is 140 Å². The van der Waals surface area contributed by atoms with Crippen molar-refractivity contribution in [2.24, 2.45) is 29.6 Å². The van der Waals surface area contributed by atoms with Gasteiger partial charge in [-0.1, -0.05) is 48.5 Å². The van der Waals surface area contributed by atoms with Gasteiger partial charge in [0, 0.05) is 129 Å². The number of nitrogens with one attached hydrogen (secondary N) is 4. The minimum Gasteiger partial charge on any atom is -0.486 e. The van der Waals surface area contributed by atoms with Gasteiger partial charge in [-0.15, -0.1) is 12.4 Å². The SMILES string of the molecule is COC(=O)C1CCN(c2ccccn2)C1.COC(=O)N1CCNC1.Cl.O=C(N[C@H](CN1CCCC1)[C@H](O)c1ccc2c(c1)OCCO2)C1CCN(c2ccccn2)C1.O=C(N[C@H](CN1CCCC1)[C@H](O)c1ccc2c(c1)OCCO2)[C@@H]1CCN(c2ccccn2)C1.O=C(N[C@H](CN1CCCC1)[C@H](O)c1ccc2c(c1)OCCO2)[C@H]1CCN(c2ccccn2)C1.O=C(O)C1CCN(c2ccccn2)C1. The molecule has 3 unspecified atom stereocenters. The molecule has 3 aromatic carbocycles. The number of carbonyl (C=O) groups is 6. The van der Waals surface area contributed by atoms with Crippen LogP contribution in [0, 0.1) is 29.6 Å². The molecule has 0 spiro atoms. The summed E-state index contributed by atoms with van der Waals surface area (Å²) in [6.07, 6.45) is 16.9. The third-order valence-corrected chi connectivity index (χ3v) is 26.9. The van der Waals surface area contributed by atoms with Gasteiger partial charge in [-0.05, 0) is 224 Å². The van der Waals surface area contributed by atoms with Crippen LogP contribution in [0.4, 0.5) is 33.9 Å². The van der Waals surface area contributed by atoms with E-state index in [0.717, 1.165) is 195 Å². The Morgan fingerprint density at radius 2 is 0.652 bits per heavy atom. The van der Waals surface area contributed by atoms with Crippen LogP contribution in [0.25, 0.3) is 0 Å². The smallest absolute Gasteiger partial charge is 0.410 e. The number of hydrogen-bond acceptors (Lipinski definition) is 31. The molecule has 0 aliphatic carbocycles. The van der Waals surface area contributed by atoms with E-state index >= 15 is 0 Å². The lowest BCUT2D eigenvalue weighted by atomic mass is 9.99. The van der Waals surface area contributed by atoms with Gasteiger partial charge in [0.1, 0.15) is 87.0 Å². The monoisotopic (exact) mass is 1920 g/mol. The van der Waals surface area contributed by atoms with Gasteiger partial charge in [-0.2, -0.15) is 0 Å². The maximum absolute atomic E-state index is 13.2. The van der Waals surface area contributed by atoms with Crippen LogP contribution in [-0.2, 0) is 33.4 Å². The molecule has 20 rings (SSSR count). The molecule has 742 valence electrons. The second-order valence-electron chi connectivity index (χ2n) is 36.3. The van der Waals surface area contributed by atoms with Crippen molar-refractivity contribution < 1.29 is 87.1 Å². The number of halogens is 1. The lowest BCUT2D eigenvalue weighted by Gasteiger charge is -2.30. The average Bonchev–Trinajstić information content (AvgIpc) is 1.05. The zero-order chi connectivity index (χ0) is 95.2. The van der Waals surface area contributed by atoms with Gasteiger partial charge < -0.3 is 113 Å². The van der Waals surface area contributed by atoms with Crippen molar-refractivity contribution in [1.82, 2.24) is 65.8 Å². The number of aromatic nitrogens is 5. The normalized spacial score (nSPS) is 21.5. The number of pyridine rings is 5. The number of esters is 1. The first-order valence-corrected chi connectivity index (χ1v) is 48.4.